The monoisotopic (exact) mass is 248 g/mol. The number of nitro benzene ring substituents is 1. The SMILES string of the molecule is O=C1OCC(n2ccc3cc([N+](=O)[O-])ccc32)O1. The lowest BCUT2D eigenvalue weighted by Crippen LogP contribution is -2.09. The normalized spacial score (nSPS) is 18.7. The van der Waals surface area contributed by atoms with E-state index < -0.39 is 17.3 Å². The lowest BCUT2D eigenvalue weighted by atomic mass is 10.2. The highest BCUT2D eigenvalue weighted by Crippen LogP contribution is 2.27. The summed E-state index contributed by atoms with van der Waals surface area (Å²) in [5, 5.41) is 11.4. The van der Waals surface area contributed by atoms with Crippen molar-refractivity contribution in [3.8, 4) is 0 Å². The Morgan fingerprint density at radius 3 is 2.89 bits per heavy atom. The topological polar surface area (TPSA) is 83.6 Å². The minimum absolute atomic E-state index is 0.0277. The number of carbonyl (C=O) groups excluding carboxylic acids is 1. The Morgan fingerprint density at radius 1 is 1.39 bits per heavy atom. The molecule has 18 heavy (non-hydrogen) atoms. The molecule has 2 aromatic rings. The van der Waals surface area contributed by atoms with Gasteiger partial charge in [-0.15, -0.1) is 0 Å². The molecule has 0 spiro atoms. The minimum Gasteiger partial charge on any atom is -0.428 e. The quantitative estimate of drug-likeness (QED) is 0.462. The molecular formula is C11H8N2O5. The summed E-state index contributed by atoms with van der Waals surface area (Å²) in [7, 11) is 0. The fourth-order valence-electron chi connectivity index (χ4n) is 1.97. The van der Waals surface area contributed by atoms with E-state index in [1.165, 1.54) is 12.1 Å². The van der Waals surface area contributed by atoms with Gasteiger partial charge in [0.15, 0.2) is 6.61 Å². The van der Waals surface area contributed by atoms with E-state index in [9.17, 15) is 14.9 Å². The van der Waals surface area contributed by atoms with Gasteiger partial charge in [0.1, 0.15) is 0 Å². The van der Waals surface area contributed by atoms with Crippen molar-refractivity contribution in [2.75, 3.05) is 6.61 Å². The van der Waals surface area contributed by atoms with Gasteiger partial charge >= 0.3 is 6.16 Å². The van der Waals surface area contributed by atoms with Gasteiger partial charge in [0.2, 0.25) is 6.23 Å². The Kier molecular flexibility index (Phi) is 2.19. The van der Waals surface area contributed by atoms with Gasteiger partial charge in [0.05, 0.1) is 10.4 Å². The first-order valence-corrected chi connectivity index (χ1v) is 5.23. The minimum atomic E-state index is -0.705. The summed E-state index contributed by atoms with van der Waals surface area (Å²) in [4.78, 5) is 21.1. The van der Waals surface area contributed by atoms with Crippen LogP contribution in [0.5, 0.6) is 0 Å². The second-order valence-electron chi connectivity index (χ2n) is 3.86. The van der Waals surface area contributed by atoms with Crippen molar-refractivity contribution >= 4 is 22.7 Å². The number of benzene rings is 1. The zero-order chi connectivity index (χ0) is 12.7. The maximum atomic E-state index is 10.9. The molecule has 92 valence electrons. The van der Waals surface area contributed by atoms with Crippen molar-refractivity contribution in [1.82, 2.24) is 4.57 Å². The number of aromatic nitrogens is 1. The number of ether oxygens (including phenoxy) is 2. The summed E-state index contributed by atoms with van der Waals surface area (Å²) in [5.41, 5.74) is 0.781. The lowest BCUT2D eigenvalue weighted by Gasteiger charge is -2.09. The molecule has 0 bridgehead atoms. The zero-order valence-corrected chi connectivity index (χ0v) is 9.11. The summed E-state index contributed by atoms with van der Waals surface area (Å²) in [6, 6.07) is 6.24. The van der Waals surface area contributed by atoms with Crippen LogP contribution in [0.2, 0.25) is 0 Å². The van der Waals surface area contributed by atoms with Crippen LogP contribution in [-0.2, 0) is 9.47 Å². The summed E-state index contributed by atoms with van der Waals surface area (Å²) >= 11 is 0. The summed E-state index contributed by atoms with van der Waals surface area (Å²) in [6.45, 7) is 0.138. The van der Waals surface area contributed by atoms with Crippen molar-refractivity contribution < 1.29 is 19.2 Å². The molecule has 7 heteroatoms. The third kappa shape index (κ3) is 1.56. The largest absolute Gasteiger partial charge is 0.510 e. The predicted molar refractivity (Wildman–Crippen MR) is 60.1 cm³/mol. The number of hydrogen-bond donors (Lipinski definition) is 0. The second kappa shape index (κ2) is 3.73. The molecule has 2 heterocycles. The Labute approximate surface area is 101 Å². The van der Waals surface area contributed by atoms with E-state index in [4.69, 9.17) is 9.47 Å². The number of hydrogen-bond acceptors (Lipinski definition) is 5. The molecule has 1 aromatic carbocycles. The molecule has 0 saturated carbocycles. The number of nitro groups is 1. The maximum absolute atomic E-state index is 10.9. The molecule has 1 aliphatic heterocycles. The first-order chi connectivity index (χ1) is 8.65. The van der Waals surface area contributed by atoms with E-state index in [1.54, 1.807) is 22.9 Å². The smallest absolute Gasteiger partial charge is 0.428 e. The highest BCUT2D eigenvalue weighted by molar-refractivity contribution is 5.82. The summed E-state index contributed by atoms with van der Waals surface area (Å²) < 4.78 is 11.4. The van der Waals surface area contributed by atoms with Crippen LogP contribution >= 0.6 is 0 Å². The van der Waals surface area contributed by atoms with Crippen molar-refractivity contribution in [1.29, 1.82) is 0 Å². The molecule has 1 aromatic heterocycles. The number of non-ortho nitro benzene ring substituents is 1. The number of fused-ring (bicyclic) bond motifs is 1. The van der Waals surface area contributed by atoms with E-state index >= 15 is 0 Å². The van der Waals surface area contributed by atoms with Crippen molar-refractivity contribution in [3.05, 3.63) is 40.6 Å². The molecule has 1 fully saturated rings. The Morgan fingerprint density at radius 2 is 2.22 bits per heavy atom. The first kappa shape index (κ1) is 10.6. The van der Waals surface area contributed by atoms with Crippen molar-refractivity contribution in [3.63, 3.8) is 0 Å². The zero-order valence-electron chi connectivity index (χ0n) is 9.11. The van der Waals surface area contributed by atoms with Gasteiger partial charge in [0, 0.05) is 23.7 Å². The molecule has 1 saturated heterocycles. The van der Waals surface area contributed by atoms with Gasteiger partial charge in [-0.2, -0.15) is 0 Å². The number of nitrogens with zero attached hydrogens (tertiary/aromatic N) is 2. The molecule has 1 aliphatic rings. The third-order valence-electron chi connectivity index (χ3n) is 2.80. The number of carbonyl (C=O) groups is 1. The molecule has 0 aliphatic carbocycles. The first-order valence-electron chi connectivity index (χ1n) is 5.23. The van der Waals surface area contributed by atoms with Gasteiger partial charge in [-0.3, -0.25) is 10.1 Å². The van der Waals surface area contributed by atoms with Crippen LogP contribution < -0.4 is 0 Å². The van der Waals surface area contributed by atoms with E-state index in [1.807, 2.05) is 0 Å². The molecule has 1 atom stereocenters. The number of cyclic esters (lactones) is 2. The molecule has 0 amide bonds. The van der Waals surface area contributed by atoms with Crippen LogP contribution in [0.4, 0.5) is 10.5 Å². The lowest BCUT2D eigenvalue weighted by molar-refractivity contribution is -0.384. The van der Waals surface area contributed by atoms with Gasteiger partial charge in [-0.25, -0.2) is 4.79 Å². The van der Waals surface area contributed by atoms with E-state index in [0.29, 0.717) is 5.39 Å². The third-order valence-corrected chi connectivity index (χ3v) is 2.80. The van der Waals surface area contributed by atoms with Crippen molar-refractivity contribution in [2.45, 2.75) is 6.23 Å². The van der Waals surface area contributed by atoms with Crippen LogP contribution in [0.15, 0.2) is 30.5 Å². The Hall–Kier alpha value is -2.57. The van der Waals surface area contributed by atoms with Gasteiger partial charge < -0.3 is 14.0 Å². The average molecular weight is 248 g/mol. The molecule has 3 rings (SSSR count). The Balaban J connectivity index is 2.04. The highest BCUT2D eigenvalue weighted by atomic mass is 16.8. The fourth-order valence-corrected chi connectivity index (χ4v) is 1.97. The fraction of sp³-hybridized carbons (Fsp3) is 0.182. The second-order valence-corrected chi connectivity index (χ2v) is 3.86. The van der Waals surface area contributed by atoms with Crippen LogP contribution in [0.1, 0.15) is 6.23 Å². The Bertz CT molecular complexity index is 648. The van der Waals surface area contributed by atoms with Crippen LogP contribution in [0.3, 0.4) is 0 Å². The van der Waals surface area contributed by atoms with Gasteiger partial charge in [-0.05, 0) is 12.1 Å². The maximum Gasteiger partial charge on any atom is 0.510 e. The van der Waals surface area contributed by atoms with E-state index in [-0.39, 0.29) is 12.3 Å². The number of rotatable bonds is 2. The van der Waals surface area contributed by atoms with E-state index in [2.05, 4.69) is 0 Å². The average Bonchev–Trinajstić information content (AvgIpc) is 2.93. The van der Waals surface area contributed by atoms with Crippen LogP contribution in [0, 0.1) is 10.1 Å². The van der Waals surface area contributed by atoms with Crippen LogP contribution in [0.25, 0.3) is 10.9 Å². The van der Waals surface area contributed by atoms with Crippen molar-refractivity contribution in [2.24, 2.45) is 0 Å². The molecular weight excluding hydrogens is 240 g/mol. The van der Waals surface area contributed by atoms with E-state index in [0.717, 1.165) is 5.52 Å². The molecule has 7 nitrogen and oxygen atoms in total. The molecule has 1 unspecified atom stereocenters. The van der Waals surface area contributed by atoms with Gasteiger partial charge in [-0.1, -0.05) is 0 Å². The molecule has 0 N–H and O–H groups in total. The molecule has 0 radical (unpaired) electrons. The highest BCUT2D eigenvalue weighted by Gasteiger charge is 2.27. The van der Waals surface area contributed by atoms with Crippen LogP contribution in [-0.4, -0.2) is 22.3 Å². The van der Waals surface area contributed by atoms with Gasteiger partial charge in [0.25, 0.3) is 5.69 Å². The summed E-state index contributed by atoms with van der Waals surface area (Å²) in [5.74, 6) is 0. The summed E-state index contributed by atoms with van der Waals surface area (Å²) in [6.07, 6.45) is 0.487. The predicted octanol–water partition coefficient (Wildman–Crippen LogP) is 2.21. The standard InChI is InChI=1S/C11H8N2O5/c14-11-17-6-10(18-11)12-4-3-7-5-8(13(15)16)1-2-9(7)12/h1-5,10H,6H2.